The van der Waals surface area contributed by atoms with E-state index in [0.717, 1.165) is 9.13 Å². The lowest BCUT2D eigenvalue weighted by Crippen LogP contribution is -2.12. The Kier molecular flexibility index (Phi) is 4.70. The molecule has 2 aromatic rings. The van der Waals surface area contributed by atoms with Crippen LogP contribution in [0.4, 0.5) is 5.69 Å². The van der Waals surface area contributed by atoms with Crippen molar-refractivity contribution in [1.82, 2.24) is 0 Å². The second kappa shape index (κ2) is 6.13. The van der Waals surface area contributed by atoms with E-state index in [-0.39, 0.29) is 4.90 Å². The Morgan fingerprint density at radius 1 is 0.950 bits per heavy atom. The molecular formula is C15H16INO2S. The number of nitrogens with one attached hydrogen (secondary N) is 1. The van der Waals surface area contributed by atoms with Crippen LogP contribution >= 0.6 is 22.6 Å². The van der Waals surface area contributed by atoms with Crippen LogP contribution in [0.1, 0.15) is 25.3 Å². The third-order valence-electron chi connectivity index (χ3n) is 2.95. The minimum absolute atomic E-state index is 0.278. The van der Waals surface area contributed by atoms with Gasteiger partial charge in [-0.05, 0) is 70.5 Å². The van der Waals surface area contributed by atoms with Gasteiger partial charge in [-0.3, -0.25) is 4.72 Å². The summed E-state index contributed by atoms with van der Waals surface area (Å²) in [4.78, 5) is 0.278. The van der Waals surface area contributed by atoms with Gasteiger partial charge in [0.05, 0.1) is 4.90 Å². The van der Waals surface area contributed by atoms with Crippen molar-refractivity contribution in [3.8, 4) is 0 Å². The maximum absolute atomic E-state index is 12.3. The van der Waals surface area contributed by atoms with Gasteiger partial charge in [0.2, 0.25) is 0 Å². The molecular weight excluding hydrogens is 385 g/mol. The van der Waals surface area contributed by atoms with Gasteiger partial charge in [-0.1, -0.05) is 26.0 Å². The summed E-state index contributed by atoms with van der Waals surface area (Å²) in [6.45, 7) is 4.15. The molecule has 2 aromatic carbocycles. The summed E-state index contributed by atoms with van der Waals surface area (Å²) >= 11 is 2.18. The molecule has 0 spiro atoms. The highest BCUT2D eigenvalue weighted by Gasteiger charge is 2.14. The zero-order chi connectivity index (χ0) is 14.8. The monoisotopic (exact) mass is 401 g/mol. The lowest BCUT2D eigenvalue weighted by atomic mass is 10.0. The molecule has 3 nitrogen and oxygen atoms in total. The topological polar surface area (TPSA) is 46.2 Å². The van der Waals surface area contributed by atoms with Crippen LogP contribution in [0.5, 0.6) is 0 Å². The van der Waals surface area contributed by atoms with E-state index in [1.165, 1.54) is 0 Å². The van der Waals surface area contributed by atoms with Crippen molar-refractivity contribution >= 4 is 38.3 Å². The number of hydrogen-bond acceptors (Lipinski definition) is 2. The first-order chi connectivity index (χ1) is 9.38. The van der Waals surface area contributed by atoms with Crippen LogP contribution < -0.4 is 4.72 Å². The summed E-state index contributed by atoms with van der Waals surface area (Å²) in [6, 6.07) is 14.2. The molecule has 0 aliphatic rings. The fraction of sp³-hybridized carbons (Fsp3) is 0.200. The van der Waals surface area contributed by atoms with Gasteiger partial charge in [0, 0.05) is 9.26 Å². The maximum Gasteiger partial charge on any atom is 0.261 e. The fourth-order valence-corrected chi connectivity index (χ4v) is 3.18. The molecule has 0 atom stereocenters. The molecule has 0 radical (unpaired) electrons. The fourth-order valence-electron chi connectivity index (χ4n) is 1.76. The molecule has 0 aliphatic carbocycles. The van der Waals surface area contributed by atoms with Crippen molar-refractivity contribution in [2.24, 2.45) is 0 Å². The van der Waals surface area contributed by atoms with Gasteiger partial charge < -0.3 is 0 Å². The van der Waals surface area contributed by atoms with Crippen molar-refractivity contribution in [1.29, 1.82) is 0 Å². The highest BCUT2D eigenvalue weighted by atomic mass is 127. The number of halogens is 1. The highest BCUT2D eigenvalue weighted by Crippen LogP contribution is 2.20. The summed E-state index contributed by atoms with van der Waals surface area (Å²) in [5.74, 6) is 0.385. The number of rotatable bonds is 4. The van der Waals surface area contributed by atoms with E-state index in [1.54, 1.807) is 24.3 Å². The second-order valence-electron chi connectivity index (χ2n) is 4.84. The van der Waals surface area contributed by atoms with E-state index in [4.69, 9.17) is 0 Å². The van der Waals surface area contributed by atoms with Gasteiger partial charge in [0.15, 0.2) is 0 Å². The van der Waals surface area contributed by atoms with Gasteiger partial charge in [0.1, 0.15) is 0 Å². The van der Waals surface area contributed by atoms with Crippen molar-refractivity contribution in [2.45, 2.75) is 24.7 Å². The molecule has 0 unspecified atom stereocenters. The van der Waals surface area contributed by atoms with Crippen LogP contribution in [0, 0.1) is 3.57 Å². The van der Waals surface area contributed by atoms with Crippen LogP contribution in [-0.2, 0) is 10.0 Å². The van der Waals surface area contributed by atoms with Crippen molar-refractivity contribution in [3.63, 3.8) is 0 Å². The van der Waals surface area contributed by atoms with Crippen molar-refractivity contribution in [3.05, 3.63) is 57.7 Å². The minimum Gasteiger partial charge on any atom is -0.280 e. The molecule has 106 valence electrons. The van der Waals surface area contributed by atoms with E-state index >= 15 is 0 Å². The standard InChI is InChI=1S/C15H16INO2S/c1-11(2)12-3-9-15(10-4-12)20(18,19)17-14-7-5-13(16)6-8-14/h3-11,17H,1-2H3. The quantitative estimate of drug-likeness (QED) is 0.781. The van der Waals surface area contributed by atoms with E-state index in [1.807, 2.05) is 24.3 Å². The van der Waals surface area contributed by atoms with Crippen LogP contribution in [0.2, 0.25) is 0 Å². The van der Waals surface area contributed by atoms with Crippen LogP contribution in [0.25, 0.3) is 0 Å². The summed E-state index contributed by atoms with van der Waals surface area (Å²) in [7, 11) is -3.52. The lowest BCUT2D eigenvalue weighted by molar-refractivity contribution is 0.601. The normalized spacial score (nSPS) is 11.6. The van der Waals surface area contributed by atoms with E-state index < -0.39 is 10.0 Å². The van der Waals surface area contributed by atoms with Crippen molar-refractivity contribution < 1.29 is 8.42 Å². The summed E-state index contributed by atoms with van der Waals surface area (Å²) in [5.41, 5.74) is 1.69. The number of anilines is 1. The molecule has 2 rings (SSSR count). The van der Waals surface area contributed by atoms with Gasteiger partial charge in [-0.2, -0.15) is 0 Å². The van der Waals surface area contributed by atoms with Gasteiger partial charge in [-0.15, -0.1) is 0 Å². The molecule has 0 saturated heterocycles. The predicted molar refractivity (Wildman–Crippen MR) is 90.5 cm³/mol. The molecule has 0 heterocycles. The molecule has 0 aliphatic heterocycles. The van der Waals surface area contributed by atoms with E-state index in [9.17, 15) is 8.42 Å². The second-order valence-corrected chi connectivity index (χ2v) is 7.76. The lowest BCUT2D eigenvalue weighted by Gasteiger charge is -2.10. The van der Waals surface area contributed by atoms with Gasteiger partial charge in [0.25, 0.3) is 10.0 Å². The average Bonchev–Trinajstić information content (AvgIpc) is 2.41. The summed E-state index contributed by atoms with van der Waals surface area (Å²) in [5, 5.41) is 0. The largest absolute Gasteiger partial charge is 0.280 e. The van der Waals surface area contributed by atoms with Crippen LogP contribution in [0.3, 0.4) is 0 Å². The smallest absolute Gasteiger partial charge is 0.261 e. The Hall–Kier alpha value is -1.08. The summed E-state index contributed by atoms with van der Waals surface area (Å²) < 4.78 is 28.2. The summed E-state index contributed by atoms with van der Waals surface area (Å²) in [6.07, 6.45) is 0. The minimum atomic E-state index is -3.52. The van der Waals surface area contributed by atoms with Crippen LogP contribution in [0.15, 0.2) is 53.4 Å². The van der Waals surface area contributed by atoms with Crippen LogP contribution in [-0.4, -0.2) is 8.42 Å². The zero-order valence-corrected chi connectivity index (χ0v) is 14.3. The average molecular weight is 401 g/mol. The Labute approximate surface area is 133 Å². The van der Waals surface area contributed by atoms with E-state index in [0.29, 0.717) is 11.6 Å². The molecule has 0 amide bonds. The first-order valence-electron chi connectivity index (χ1n) is 6.27. The van der Waals surface area contributed by atoms with Gasteiger partial charge >= 0.3 is 0 Å². The molecule has 20 heavy (non-hydrogen) atoms. The Morgan fingerprint density at radius 3 is 2.00 bits per heavy atom. The molecule has 0 bridgehead atoms. The maximum atomic E-state index is 12.3. The van der Waals surface area contributed by atoms with Gasteiger partial charge in [-0.25, -0.2) is 8.42 Å². The number of hydrogen-bond donors (Lipinski definition) is 1. The third-order valence-corrected chi connectivity index (χ3v) is 5.07. The number of benzene rings is 2. The SMILES string of the molecule is CC(C)c1ccc(S(=O)(=O)Nc2ccc(I)cc2)cc1. The third kappa shape index (κ3) is 3.73. The molecule has 0 aromatic heterocycles. The first-order valence-corrected chi connectivity index (χ1v) is 8.83. The van der Waals surface area contributed by atoms with Crippen molar-refractivity contribution in [2.75, 3.05) is 4.72 Å². The Balaban J connectivity index is 2.23. The first kappa shape index (κ1) is 15.3. The molecule has 0 saturated carbocycles. The molecule has 5 heteroatoms. The molecule has 1 N–H and O–H groups in total. The Morgan fingerprint density at radius 2 is 1.50 bits per heavy atom. The predicted octanol–water partition coefficient (Wildman–Crippen LogP) is 4.22. The molecule has 0 fully saturated rings. The highest BCUT2D eigenvalue weighted by molar-refractivity contribution is 14.1. The van der Waals surface area contributed by atoms with E-state index in [2.05, 4.69) is 41.2 Å². The zero-order valence-electron chi connectivity index (χ0n) is 11.3. The Bertz CT molecular complexity index is 677. The number of sulfonamides is 1.